The lowest BCUT2D eigenvalue weighted by atomic mass is 10.3. The van der Waals surface area contributed by atoms with Gasteiger partial charge in [0.15, 0.2) is 0 Å². The largest absolute Gasteiger partial charge is 0.343 e. The van der Waals surface area contributed by atoms with Crippen LogP contribution in [0.25, 0.3) is 0 Å². The molecule has 3 nitrogen and oxygen atoms in total. The topological polar surface area (TPSA) is 31.4 Å². The Labute approximate surface area is 69.0 Å². The van der Waals surface area contributed by atoms with Crippen LogP contribution in [0.15, 0.2) is 11.7 Å². The number of thiazole rings is 1. The maximum Gasteiger partial charge on any atom is 0.203 e. The van der Waals surface area contributed by atoms with Gasteiger partial charge in [-0.15, -0.1) is 11.3 Å². The first-order valence-electron chi connectivity index (χ1n) is 3.48. The van der Waals surface area contributed by atoms with Crippen LogP contribution in [-0.4, -0.2) is 18.2 Å². The summed E-state index contributed by atoms with van der Waals surface area (Å²) in [6, 6.07) is 0. The lowest BCUT2D eigenvalue weighted by Crippen LogP contribution is -2.20. The molecule has 0 bridgehead atoms. The molecule has 1 aliphatic heterocycles. The fourth-order valence-electron chi connectivity index (χ4n) is 1.10. The zero-order chi connectivity index (χ0) is 7.73. The van der Waals surface area contributed by atoms with Gasteiger partial charge in [-0.05, 0) is 6.92 Å². The van der Waals surface area contributed by atoms with E-state index in [9.17, 15) is 0 Å². The van der Waals surface area contributed by atoms with Crippen LogP contribution in [-0.2, 0) is 15.3 Å². The molecule has 1 fully saturated rings. The molecule has 0 spiro atoms. The van der Waals surface area contributed by atoms with E-state index in [0.717, 1.165) is 4.88 Å². The Balaban J connectivity index is 2.27. The first-order chi connectivity index (χ1) is 5.31. The van der Waals surface area contributed by atoms with Crippen LogP contribution in [0.4, 0.5) is 0 Å². The van der Waals surface area contributed by atoms with E-state index in [4.69, 9.17) is 9.47 Å². The fraction of sp³-hybridized carbons (Fsp3) is 0.571. The summed E-state index contributed by atoms with van der Waals surface area (Å²) in [6.07, 6.45) is 1.79. The normalized spacial score (nSPS) is 22.3. The Morgan fingerprint density at radius 3 is 2.82 bits per heavy atom. The summed E-state index contributed by atoms with van der Waals surface area (Å²) < 4.78 is 10.9. The van der Waals surface area contributed by atoms with E-state index >= 15 is 0 Å². The van der Waals surface area contributed by atoms with Gasteiger partial charge in [0.25, 0.3) is 0 Å². The standard InChI is InChI=1S/C7H9NO2S/c1-7(9-2-3-10-7)6-4-8-5-11-6/h4-5H,2-3H2,1H3. The number of hydrogen-bond donors (Lipinski definition) is 0. The van der Waals surface area contributed by atoms with Crippen molar-refractivity contribution in [2.75, 3.05) is 13.2 Å². The van der Waals surface area contributed by atoms with E-state index in [-0.39, 0.29) is 0 Å². The predicted molar refractivity (Wildman–Crippen MR) is 41.4 cm³/mol. The van der Waals surface area contributed by atoms with Crippen molar-refractivity contribution >= 4 is 11.3 Å². The first kappa shape index (κ1) is 7.21. The highest BCUT2D eigenvalue weighted by Crippen LogP contribution is 2.32. The Kier molecular flexibility index (Phi) is 1.67. The van der Waals surface area contributed by atoms with Crippen LogP contribution in [0.5, 0.6) is 0 Å². The minimum atomic E-state index is -0.527. The van der Waals surface area contributed by atoms with Crippen molar-refractivity contribution < 1.29 is 9.47 Å². The van der Waals surface area contributed by atoms with Gasteiger partial charge in [-0.1, -0.05) is 0 Å². The molecule has 1 saturated heterocycles. The molecular formula is C7H9NO2S. The molecule has 60 valence electrons. The summed E-state index contributed by atoms with van der Waals surface area (Å²) in [5, 5.41) is 0. The summed E-state index contributed by atoms with van der Waals surface area (Å²) >= 11 is 1.56. The smallest absolute Gasteiger partial charge is 0.203 e. The summed E-state index contributed by atoms with van der Waals surface area (Å²) in [4.78, 5) is 5.01. The van der Waals surface area contributed by atoms with E-state index in [2.05, 4.69) is 4.98 Å². The van der Waals surface area contributed by atoms with Crippen molar-refractivity contribution in [3.05, 3.63) is 16.6 Å². The van der Waals surface area contributed by atoms with Gasteiger partial charge < -0.3 is 9.47 Å². The molecule has 1 aromatic heterocycles. The maximum atomic E-state index is 5.43. The fourth-order valence-corrected chi connectivity index (χ4v) is 1.79. The second-order valence-electron chi connectivity index (χ2n) is 2.51. The van der Waals surface area contributed by atoms with Gasteiger partial charge in [0, 0.05) is 6.20 Å². The molecular weight excluding hydrogens is 162 g/mol. The van der Waals surface area contributed by atoms with Crippen LogP contribution >= 0.6 is 11.3 Å². The van der Waals surface area contributed by atoms with Crippen LogP contribution in [0, 0.1) is 0 Å². The quantitative estimate of drug-likeness (QED) is 0.639. The van der Waals surface area contributed by atoms with Gasteiger partial charge in [-0.25, -0.2) is 0 Å². The first-order valence-corrected chi connectivity index (χ1v) is 4.36. The predicted octanol–water partition coefficient (Wildman–Crippen LogP) is 1.36. The zero-order valence-electron chi connectivity index (χ0n) is 6.24. The summed E-state index contributed by atoms with van der Waals surface area (Å²) in [5.41, 5.74) is 1.78. The third-order valence-corrected chi connectivity index (χ3v) is 2.68. The minimum Gasteiger partial charge on any atom is -0.343 e. The molecule has 1 aromatic rings. The van der Waals surface area contributed by atoms with Crippen molar-refractivity contribution in [3.63, 3.8) is 0 Å². The van der Waals surface area contributed by atoms with Crippen molar-refractivity contribution in [2.24, 2.45) is 0 Å². The van der Waals surface area contributed by atoms with E-state index in [0.29, 0.717) is 13.2 Å². The van der Waals surface area contributed by atoms with Gasteiger partial charge in [0.1, 0.15) is 0 Å². The molecule has 2 rings (SSSR count). The van der Waals surface area contributed by atoms with Gasteiger partial charge in [0.05, 0.1) is 23.6 Å². The van der Waals surface area contributed by atoms with Crippen molar-refractivity contribution in [1.82, 2.24) is 4.98 Å². The van der Waals surface area contributed by atoms with Crippen LogP contribution in [0.3, 0.4) is 0 Å². The van der Waals surface area contributed by atoms with E-state index in [1.54, 1.807) is 23.0 Å². The summed E-state index contributed by atoms with van der Waals surface area (Å²) in [7, 11) is 0. The van der Waals surface area contributed by atoms with E-state index in [1.807, 2.05) is 6.92 Å². The third kappa shape index (κ3) is 1.17. The Morgan fingerprint density at radius 1 is 1.55 bits per heavy atom. The van der Waals surface area contributed by atoms with Crippen LogP contribution in [0.2, 0.25) is 0 Å². The van der Waals surface area contributed by atoms with Crippen molar-refractivity contribution in [2.45, 2.75) is 12.7 Å². The summed E-state index contributed by atoms with van der Waals surface area (Å²) in [6.45, 7) is 3.27. The second kappa shape index (κ2) is 2.55. The van der Waals surface area contributed by atoms with Gasteiger partial charge in [0.2, 0.25) is 5.79 Å². The molecule has 0 saturated carbocycles. The maximum absolute atomic E-state index is 5.43. The highest BCUT2D eigenvalue weighted by molar-refractivity contribution is 7.09. The molecule has 2 heterocycles. The average Bonchev–Trinajstić information content (AvgIpc) is 2.55. The third-order valence-electron chi connectivity index (χ3n) is 1.72. The second-order valence-corrected chi connectivity index (χ2v) is 3.39. The Hall–Kier alpha value is -0.450. The number of aromatic nitrogens is 1. The molecule has 0 radical (unpaired) electrons. The van der Waals surface area contributed by atoms with Crippen molar-refractivity contribution in [3.8, 4) is 0 Å². The molecule has 0 unspecified atom stereocenters. The minimum absolute atomic E-state index is 0.527. The number of rotatable bonds is 1. The van der Waals surface area contributed by atoms with Crippen LogP contribution < -0.4 is 0 Å². The lowest BCUT2D eigenvalue weighted by molar-refractivity contribution is -0.147. The SMILES string of the molecule is CC1(c2cncs2)OCCO1. The highest BCUT2D eigenvalue weighted by atomic mass is 32.1. The van der Waals surface area contributed by atoms with E-state index < -0.39 is 5.79 Å². The van der Waals surface area contributed by atoms with E-state index in [1.165, 1.54) is 0 Å². The van der Waals surface area contributed by atoms with Crippen LogP contribution in [0.1, 0.15) is 11.8 Å². The molecule has 0 amide bonds. The lowest BCUT2D eigenvalue weighted by Gasteiger charge is -2.19. The molecule has 0 aliphatic carbocycles. The zero-order valence-corrected chi connectivity index (χ0v) is 7.06. The molecule has 0 N–H and O–H groups in total. The molecule has 1 aliphatic rings. The Bertz CT molecular complexity index is 229. The average molecular weight is 171 g/mol. The number of hydrogen-bond acceptors (Lipinski definition) is 4. The van der Waals surface area contributed by atoms with Gasteiger partial charge >= 0.3 is 0 Å². The molecule has 4 heteroatoms. The highest BCUT2D eigenvalue weighted by Gasteiger charge is 2.34. The summed E-state index contributed by atoms with van der Waals surface area (Å²) in [5.74, 6) is -0.527. The van der Waals surface area contributed by atoms with Crippen molar-refractivity contribution in [1.29, 1.82) is 0 Å². The molecule has 11 heavy (non-hydrogen) atoms. The van der Waals surface area contributed by atoms with Gasteiger partial charge in [-0.2, -0.15) is 0 Å². The monoisotopic (exact) mass is 171 g/mol. The Morgan fingerprint density at radius 2 is 2.27 bits per heavy atom. The molecule has 0 atom stereocenters. The van der Waals surface area contributed by atoms with Gasteiger partial charge in [-0.3, -0.25) is 4.98 Å². The number of nitrogens with zero attached hydrogens (tertiary/aromatic N) is 1. The molecule has 0 aromatic carbocycles. The number of ether oxygens (including phenoxy) is 2.